The summed E-state index contributed by atoms with van der Waals surface area (Å²) < 4.78 is 1.68. The molecule has 0 spiro atoms. The Balaban J connectivity index is 1.86. The van der Waals surface area contributed by atoms with Gasteiger partial charge in [-0.25, -0.2) is 0 Å². The number of carbonyl (C=O) groups is 1. The van der Waals surface area contributed by atoms with Gasteiger partial charge in [0.2, 0.25) is 10.3 Å². The van der Waals surface area contributed by atoms with Gasteiger partial charge in [-0.05, 0) is 30.0 Å². The Morgan fingerprint density at radius 3 is 2.65 bits per heavy atom. The molecule has 114 valence electrons. The SMILES string of the molecule is O=C(Sc1nncn1-c1ccccc1)c1cccc([N+](=O)[O-])c1. The molecule has 0 saturated carbocycles. The summed E-state index contributed by atoms with van der Waals surface area (Å²) in [5.41, 5.74) is 0.944. The lowest BCUT2D eigenvalue weighted by Gasteiger charge is -2.05. The molecule has 0 amide bonds. The molecular formula is C15H10N4O3S. The second kappa shape index (κ2) is 6.41. The molecule has 0 N–H and O–H groups in total. The molecule has 23 heavy (non-hydrogen) atoms. The molecule has 0 radical (unpaired) electrons. The number of non-ortho nitro benzene ring substituents is 1. The molecule has 1 aromatic heterocycles. The highest BCUT2D eigenvalue weighted by molar-refractivity contribution is 8.14. The number of nitro benzene ring substituents is 1. The fourth-order valence-corrected chi connectivity index (χ4v) is 2.70. The first kappa shape index (κ1) is 14.9. The molecule has 0 atom stereocenters. The van der Waals surface area contributed by atoms with Crippen molar-refractivity contribution < 1.29 is 9.72 Å². The second-order valence-corrected chi connectivity index (χ2v) is 5.46. The summed E-state index contributed by atoms with van der Waals surface area (Å²) in [6.45, 7) is 0. The van der Waals surface area contributed by atoms with E-state index in [1.807, 2.05) is 30.3 Å². The maximum absolute atomic E-state index is 12.3. The van der Waals surface area contributed by atoms with Gasteiger partial charge in [0, 0.05) is 23.4 Å². The van der Waals surface area contributed by atoms with Crippen molar-refractivity contribution in [2.24, 2.45) is 0 Å². The average Bonchev–Trinajstić information content (AvgIpc) is 3.04. The third-order valence-corrected chi connectivity index (χ3v) is 3.91. The van der Waals surface area contributed by atoms with Crippen LogP contribution in [0.25, 0.3) is 5.69 Å². The van der Waals surface area contributed by atoms with Crippen molar-refractivity contribution in [2.75, 3.05) is 0 Å². The number of nitrogens with zero attached hydrogens (tertiary/aromatic N) is 4. The number of rotatable bonds is 4. The maximum atomic E-state index is 12.3. The molecule has 0 aliphatic heterocycles. The zero-order chi connectivity index (χ0) is 16.2. The van der Waals surface area contributed by atoms with Gasteiger partial charge in [0.25, 0.3) is 5.69 Å². The van der Waals surface area contributed by atoms with Gasteiger partial charge in [-0.2, -0.15) is 0 Å². The van der Waals surface area contributed by atoms with Crippen molar-refractivity contribution in [1.82, 2.24) is 14.8 Å². The lowest BCUT2D eigenvalue weighted by molar-refractivity contribution is -0.384. The third kappa shape index (κ3) is 3.27. The fraction of sp³-hybridized carbons (Fsp3) is 0. The van der Waals surface area contributed by atoms with E-state index in [2.05, 4.69) is 10.2 Å². The molecular weight excluding hydrogens is 316 g/mol. The van der Waals surface area contributed by atoms with Gasteiger partial charge in [0.05, 0.1) is 4.92 Å². The van der Waals surface area contributed by atoms with E-state index in [1.54, 1.807) is 4.57 Å². The molecule has 0 saturated heterocycles. The molecule has 3 aromatic rings. The van der Waals surface area contributed by atoms with Gasteiger partial charge >= 0.3 is 0 Å². The van der Waals surface area contributed by atoms with E-state index in [9.17, 15) is 14.9 Å². The smallest absolute Gasteiger partial charge is 0.270 e. The van der Waals surface area contributed by atoms with E-state index in [1.165, 1.54) is 30.6 Å². The van der Waals surface area contributed by atoms with E-state index in [0.29, 0.717) is 5.16 Å². The molecule has 3 rings (SSSR count). The molecule has 0 unspecified atom stereocenters. The minimum atomic E-state index is -0.534. The molecule has 1 heterocycles. The van der Waals surface area contributed by atoms with Crippen LogP contribution in [-0.2, 0) is 0 Å². The Kier molecular flexibility index (Phi) is 4.15. The Bertz CT molecular complexity index is 864. The first-order valence-corrected chi connectivity index (χ1v) is 7.39. The van der Waals surface area contributed by atoms with E-state index >= 15 is 0 Å². The zero-order valence-electron chi connectivity index (χ0n) is 11.7. The van der Waals surface area contributed by atoms with E-state index in [4.69, 9.17) is 0 Å². The Morgan fingerprint density at radius 1 is 1.13 bits per heavy atom. The van der Waals surface area contributed by atoms with Gasteiger partial charge in [-0.3, -0.25) is 19.5 Å². The molecule has 2 aromatic carbocycles. The summed E-state index contributed by atoms with van der Waals surface area (Å²) in [6, 6.07) is 15.0. The van der Waals surface area contributed by atoms with Gasteiger partial charge in [0.15, 0.2) is 0 Å². The number of hydrogen-bond acceptors (Lipinski definition) is 6. The van der Waals surface area contributed by atoms with Crippen LogP contribution < -0.4 is 0 Å². The number of aromatic nitrogens is 3. The van der Waals surface area contributed by atoms with E-state index < -0.39 is 4.92 Å². The number of carbonyl (C=O) groups excluding carboxylic acids is 1. The fourth-order valence-electron chi connectivity index (χ4n) is 1.95. The van der Waals surface area contributed by atoms with Crippen LogP contribution in [0.2, 0.25) is 0 Å². The molecule has 8 heteroatoms. The molecule has 7 nitrogen and oxygen atoms in total. The van der Waals surface area contributed by atoms with Crippen LogP contribution in [0.3, 0.4) is 0 Å². The van der Waals surface area contributed by atoms with Crippen LogP contribution >= 0.6 is 11.8 Å². The number of para-hydroxylation sites is 1. The standard InChI is InChI=1S/C15H10N4O3S/c20-14(11-5-4-8-13(9-11)19(21)22)23-15-17-16-10-18(15)12-6-2-1-3-7-12/h1-10H. The monoisotopic (exact) mass is 326 g/mol. The number of thioether (sulfide) groups is 1. The van der Waals surface area contributed by atoms with Crippen LogP contribution in [0.4, 0.5) is 5.69 Å². The quantitative estimate of drug-likeness (QED) is 0.415. The number of hydrogen-bond donors (Lipinski definition) is 0. The van der Waals surface area contributed by atoms with Crippen molar-refractivity contribution in [1.29, 1.82) is 0 Å². The first-order chi connectivity index (χ1) is 11.1. The van der Waals surface area contributed by atoms with Crippen molar-refractivity contribution in [3.05, 3.63) is 76.6 Å². The maximum Gasteiger partial charge on any atom is 0.270 e. The summed E-state index contributed by atoms with van der Waals surface area (Å²) in [4.78, 5) is 22.6. The first-order valence-electron chi connectivity index (χ1n) is 6.57. The minimum Gasteiger partial charge on any atom is -0.281 e. The van der Waals surface area contributed by atoms with Gasteiger partial charge in [0.1, 0.15) is 6.33 Å². The lowest BCUT2D eigenvalue weighted by Crippen LogP contribution is -2.00. The summed E-state index contributed by atoms with van der Waals surface area (Å²) in [6.07, 6.45) is 1.51. The molecule has 0 aliphatic carbocycles. The molecule has 0 fully saturated rings. The van der Waals surface area contributed by atoms with Crippen LogP contribution in [0.1, 0.15) is 10.4 Å². The Hall–Kier alpha value is -3.00. The van der Waals surface area contributed by atoms with Crippen molar-refractivity contribution in [3.8, 4) is 5.69 Å². The predicted molar refractivity (Wildman–Crippen MR) is 84.6 cm³/mol. The van der Waals surface area contributed by atoms with Crippen molar-refractivity contribution in [2.45, 2.75) is 5.16 Å². The topological polar surface area (TPSA) is 90.9 Å². The summed E-state index contributed by atoms with van der Waals surface area (Å²) >= 11 is 0.873. The van der Waals surface area contributed by atoms with Crippen LogP contribution in [-0.4, -0.2) is 24.8 Å². The average molecular weight is 326 g/mol. The van der Waals surface area contributed by atoms with Gasteiger partial charge < -0.3 is 0 Å². The minimum absolute atomic E-state index is 0.124. The van der Waals surface area contributed by atoms with Crippen molar-refractivity contribution in [3.63, 3.8) is 0 Å². The summed E-state index contributed by atoms with van der Waals surface area (Å²) in [7, 11) is 0. The lowest BCUT2D eigenvalue weighted by atomic mass is 10.2. The highest BCUT2D eigenvalue weighted by atomic mass is 32.2. The number of benzene rings is 2. The van der Waals surface area contributed by atoms with Crippen LogP contribution in [0.5, 0.6) is 0 Å². The zero-order valence-corrected chi connectivity index (χ0v) is 12.5. The number of nitro groups is 1. The Morgan fingerprint density at radius 2 is 1.91 bits per heavy atom. The molecule has 0 bridgehead atoms. The summed E-state index contributed by atoms with van der Waals surface area (Å²) in [5.74, 6) is 0. The van der Waals surface area contributed by atoms with Gasteiger partial charge in [-0.15, -0.1) is 10.2 Å². The predicted octanol–water partition coefficient (Wildman–Crippen LogP) is 3.11. The van der Waals surface area contributed by atoms with Crippen molar-refractivity contribution >= 4 is 22.6 Å². The van der Waals surface area contributed by atoms with Crippen LogP contribution in [0, 0.1) is 10.1 Å². The molecule has 0 aliphatic rings. The largest absolute Gasteiger partial charge is 0.281 e. The van der Waals surface area contributed by atoms with E-state index in [-0.39, 0.29) is 16.4 Å². The van der Waals surface area contributed by atoms with E-state index in [0.717, 1.165) is 17.4 Å². The van der Waals surface area contributed by atoms with Gasteiger partial charge in [-0.1, -0.05) is 24.3 Å². The van der Waals surface area contributed by atoms with Crippen LogP contribution in [0.15, 0.2) is 66.1 Å². The third-order valence-electron chi connectivity index (χ3n) is 3.03. The summed E-state index contributed by atoms with van der Waals surface area (Å²) in [5, 5.41) is 18.6. The Labute approximate surface area is 135 Å². The normalized spacial score (nSPS) is 10.4. The highest BCUT2D eigenvalue weighted by Crippen LogP contribution is 2.25. The second-order valence-electron chi connectivity index (χ2n) is 4.52. The highest BCUT2D eigenvalue weighted by Gasteiger charge is 2.16.